The first kappa shape index (κ1) is 18.1. The maximum absolute atomic E-state index is 10.8. The van der Waals surface area contributed by atoms with Crippen LogP contribution in [0.2, 0.25) is 0 Å². The van der Waals surface area contributed by atoms with E-state index in [1.165, 1.54) is 38.5 Å². The van der Waals surface area contributed by atoms with Gasteiger partial charge in [-0.15, -0.1) is 0 Å². The molecule has 0 aromatic rings. The van der Waals surface area contributed by atoms with Crippen molar-refractivity contribution in [3.63, 3.8) is 0 Å². The molecule has 0 aliphatic carbocycles. The summed E-state index contributed by atoms with van der Waals surface area (Å²) < 4.78 is 11.5. The Bertz CT molecular complexity index is 251. The second-order valence-electron chi connectivity index (χ2n) is 5.89. The molecule has 4 nitrogen and oxygen atoms in total. The summed E-state index contributed by atoms with van der Waals surface area (Å²) in [6.45, 7) is 3.79. The fourth-order valence-electron chi connectivity index (χ4n) is 2.01. The SMILES string of the molecule is CCCCCCCCC[N+](C)(C)CCP(=O)(O)O. The molecule has 0 aromatic carbocycles. The van der Waals surface area contributed by atoms with Crippen LogP contribution in [-0.4, -0.2) is 47.6 Å². The van der Waals surface area contributed by atoms with Crippen LogP contribution in [0, 0.1) is 0 Å². The standard InChI is InChI=1S/C13H30NO3P/c1-4-5-6-7-8-9-10-11-14(2,3)12-13-18(15,16)17/h4-13H2,1-3H3,(H-,15,16,17)/p+1. The summed E-state index contributed by atoms with van der Waals surface area (Å²) >= 11 is 0. The van der Waals surface area contributed by atoms with E-state index < -0.39 is 7.60 Å². The van der Waals surface area contributed by atoms with Crippen LogP contribution in [0.15, 0.2) is 0 Å². The maximum atomic E-state index is 10.8. The smallest absolute Gasteiger partial charge is 0.328 e. The van der Waals surface area contributed by atoms with Gasteiger partial charge in [0.25, 0.3) is 0 Å². The molecular formula is C13H31NO3P+. The van der Waals surface area contributed by atoms with E-state index in [4.69, 9.17) is 9.79 Å². The van der Waals surface area contributed by atoms with Crippen LogP contribution in [0.1, 0.15) is 51.9 Å². The van der Waals surface area contributed by atoms with Gasteiger partial charge in [-0.1, -0.05) is 39.0 Å². The highest BCUT2D eigenvalue weighted by atomic mass is 31.2. The molecule has 0 bridgehead atoms. The molecule has 110 valence electrons. The van der Waals surface area contributed by atoms with Gasteiger partial charge in [-0.3, -0.25) is 4.57 Å². The van der Waals surface area contributed by atoms with E-state index in [1.54, 1.807) is 0 Å². The average Bonchev–Trinajstić information content (AvgIpc) is 2.25. The molecular weight excluding hydrogens is 249 g/mol. The highest BCUT2D eigenvalue weighted by molar-refractivity contribution is 7.51. The van der Waals surface area contributed by atoms with E-state index in [0.29, 0.717) is 11.0 Å². The van der Waals surface area contributed by atoms with E-state index in [1.807, 2.05) is 14.1 Å². The number of nitrogens with zero attached hydrogens (tertiary/aromatic N) is 1. The molecule has 0 spiro atoms. The molecule has 5 heteroatoms. The Morgan fingerprint density at radius 1 is 0.889 bits per heavy atom. The lowest BCUT2D eigenvalue weighted by Gasteiger charge is -2.29. The summed E-state index contributed by atoms with van der Waals surface area (Å²) in [5.41, 5.74) is 0. The van der Waals surface area contributed by atoms with Crippen LogP contribution in [0.4, 0.5) is 0 Å². The third-order valence-electron chi connectivity index (χ3n) is 3.36. The highest BCUT2D eigenvalue weighted by Gasteiger charge is 2.21. The fraction of sp³-hybridized carbons (Fsp3) is 1.00. The van der Waals surface area contributed by atoms with E-state index in [0.717, 1.165) is 13.0 Å². The van der Waals surface area contributed by atoms with Crippen LogP contribution >= 0.6 is 7.60 Å². The predicted octanol–water partition coefficient (Wildman–Crippen LogP) is 2.99. The summed E-state index contributed by atoms with van der Waals surface area (Å²) in [5, 5.41) is 0. The van der Waals surface area contributed by atoms with Crippen LogP contribution in [-0.2, 0) is 4.57 Å². The van der Waals surface area contributed by atoms with E-state index in [-0.39, 0.29) is 6.16 Å². The van der Waals surface area contributed by atoms with Gasteiger partial charge in [0.15, 0.2) is 0 Å². The minimum atomic E-state index is -3.84. The molecule has 2 N–H and O–H groups in total. The third kappa shape index (κ3) is 12.6. The second kappa shape index (κ2) is 9.08. The molecule has 0 fully saturated rings. The molecule has 0 aliphatic rings. The molecule has 0 atom stereocenters. The van der Waals surface area contributed by atoms with Gasteiger partial charge in [0.2, 0.25) is 0 Å². The van der Waals surface area contributed by atoms with Gasteiger partial charge in [-0.2, -0.15) is 0 Å². The van der Waals surface area contributed by atoms with Gasteiger partial charge in [-0.05, 0) is 12.8 Å². The van der Waals surface area contributed by atoms with Crippen LogP contribution < -0.4 is 0 Å². The first-order valence-electron chi connectivity index (χ1n) is 7.13. The van der Waals surface area contributed by atoms with Gasteiger partial charge in [0, 0.05) is 0 Å². The average molecular weight is 280 g/mol. The highest BCUT2D eigenvalue weighted by Crippen LogP contribution is 2.34. The van der Waals surface area contributed by atoms with Crippen LogP contribution in [0.5, 0.6) is 0 Å². The Morgan fingerprint density at radius 2 is 1.39 bits per heavy atom. The number of quaternary nitrogens is 1. The monoisotopic (exact) mass is 280 g/mol. The minimum Gasteiger partial charge on any atom is -0.328 e. The van der Waals surface area contributed by atoms with Crippen molar-refractivity contribution in [1.29, 1.82) is 0 Å². The van der Waals surface area contributed by atoms with Crippen molar-refractivity contribution in [3.8, 4) is 0 Å². The Kier molecular flexibility index (Phi) is 9.14. The van der Waals surface area contributed by atoms with Crippen molar-refractivity contribution in [1.82, 2.24) is 0 Å². The molecule has 0 aromatic heterocycles. The maximum Gasteiger partial charge on any atom is 0.331 e. The summed E-state index contributed by atoms with van der Waals surface area (Å²) in [5.74, 6) is 0. The summed E-state index contributed by atoms with van der Waals surface area (Å²) in [6.07, 6.45) is 8.96. The zero-order chi connectivity index (χ0) is 14.1. The van der Waals surface area contributed by atoms with Crippen molar-refractivity contribution in [2.24, 2.45) is 0 Å². The minimum absolute atomic E-state index is 0.00347. The number of hydrogen-bond donors (Lipinski definition) is 2. The normalized spacial score (nSPS) is 12.9. The number of unbranched alkanes of at least 4 members (excludes halogenated alkanes) is 6. The molecule has 0 aliphatic heterocycles. The number of rotatable bonds is 11. The summed E-state index contributed by atoms with van der Waals surface area (Å²) in [4.78, 5) is 17.7. The molecule has 0 saturated carbocycles. The van der Waals surface area contributed by atoms with Gasteiger partial charge >= 0.3 is 7.60 Å². The predicted molar refractivity (Wildman–Crippen MR) is 76.7 cm³/mol. The lowest BCUT2D eigenvalue weighted by Crippen LogP contribution is -2.42. The van der Waals surface area contributed by atoms with E-state index in [2.05, 4.69) is 6.92 Å². The van der Waals surface area contributed by atoms with E-state index >= 15 is 0 Å². The zero-order valence-corrected chi connectivity index (χ0v) is 13.2. The zero-order valence-electron chi connectivity index (χ0n) is 12.3. The molecule has 0 amide bonds. The molecule has 0 heterocycles. The first-order valence-corrected chi connectivity index (χ1v) is 8.93. The largest absolute Gasteiger partial charge is 0.331 e. The topological polar surface area (TPSA) is 57.5 Å². The first-order chi connectivity index (χ1) is 8.27. The van der Waals surface area contributed by atoms with Gasteiger partial charge in [0.05, 0.1) is 33.3 Å². The van der Waals surface area contributed by atoms with Crippen molar-refractivity contribution >= 4 is 7.60 Å². The second-order valence-corrected chi connectivity index (χ2v) is 7.67. The third-order valence-corrected chi connectivity index (χ3v) is 4.15. The van der Waals surface area contributed by atoms with Crippen molar-refractivity contribution in [3.05, 3.63) is 0 Å². The van der Waals surface area contributed by atoms with Crippen LogP contribution in [0.3, 0.4) is 0 Å². The molecule has 0 unspecified atom stereocenters. The van der Waals surface area contributed by atoms with E-state index in [9.17, 15) is 4.57 Å². The quantitative estimate of drug-likeness (QED) is 0.347. The van der Waals surface area contributed by atoms with Crippen molar-refractivity contribution in [2.45, 2.75) is 51.9 Å². The van der Waals surface area contributed by atoms with Gasteiger partial charge in [-0.25, -0.2) is 0 Å². The molecule has 0 saturated heterocycles. The Balaban J connectivity index is 3.55. The lowest BCUT2D eigenvalue weighted by atomic mass is 10.1. The van der Waals surface area contributed by atoms with Gasteiger partial charge < -0.3 is 14.3 Å². The van der Waals surface area contributed by atoms with Crippen molar-refractivity contribution in [2.75, 3.05) is 33.3 Å². The Hall–Kier alpha value is 0.110. The van der Waals surface area contributed by atoms with Crippen LogP contribution in [0.25, 0.3) is 0 Å². The molecule has 0 rings (SSSR count). The molecule has 0 radical (unpaired) electrons. The van der Waals surface area contributed by atoms with Crippen molar-refractivity contribution < 1.29 is 18.8 Å². The summed E-state index contributed by atoms with van der Waals surface area (Å²) in [6, 6.07) is 0. The summed E-state index contributed by atoms with van der Waals surface area (Å²) in [7, 11) is 0.261. The molecule has 18 heavy (non-hydrogen) atoms. The lowest BCUT2D eigenvalue weighted by molar-refractivity contribution is -0.888. The fourth-order valence-corrected chi connectivity index (χ4v) is 2.81. The Labute approximate surface area is 112 Å². The Morgan fingerprint density at radius 3 is 1.89 bits per heavy atom. The van der Waals surface area contributed by atoms with Gasteiger partial charge in [0.1, 0.15) is 0 Å². The number of hydrogen-bond acceptors (Lipinski definition) is 1.